The molecule has 138 valence electrons. The number of para-hydroxylation sites is 3. The Morgan fingerprint density at radius 3 is 2.27 bits per heavy atom. The van der Waals surface area contributed by atoms with Gasteiger partial charge in [-0.15, -0.1) is 0 Å². The summed E-state index contributed by atoms with van der Waals surface area (Å²) in [6.07, 6.45) is 1.56. The van der Waals surface area contributed by atoms with Gasteiger partial charge in [0, 0.05) is 12.0 Å². The number of hydrazone groups is 1. The molecule has 1 N–H and O–H groups in total. The molecule has 7 nitrogen and oxygen atoms in total. The van der Waals surface area contributed by atoms with E-state index in [0.29, 0.717) is 36.9 Å². The van der Waals surface area contributed by atoms with Crippen molar-refractivity contribution in [2.45, 2.75) is 6.42 Å². The number of benzene rings is 2. The number of carbonyl (C=O) groups excluding carboxylic acids is 1. The molecule has 0 aliphatic rings. The van der Waals surface area contributed by atoms with E-state index in [0.717, 1.165) is 5.56 Å². The molecule has 0 aromatic heterocycles. The molecule has 0 radical (unpaired) electrons. The zero-order valence-corrected chi connectivity index (χ0v) is 14.8. The van der Waals surface area contributed by atoms with Crippen LogP contribution in [0.15, 0.2) is 53.6 Å². The number of ether oxygens (including phenoxy) is 4. The summed E-state index contributed by atoms with van der Waals surface area (Å²) in [5.74, 6) is 2.07. The van der Waals surface area contributed by atoms with E-state index in [2.05, 4.69) is 15.3 Å². The van der Waals surface area contributed by atoms with Crippen LogP contribution in [0.3, 0.4) is 0 Å². The highest BCUT2D eigenvalue weighted by Crippen LogP contribution is 2.25. The standard InChI is InChI=1S/C19H22N2O5/c1-23-17-10-5-6-11-18(17)26-13-7-12-25-16-9-4-3-8-15(16)14-20-21-19(22)24-2/h3-6,8-11,14H,7,12-13H2,1-2H3,(H,21,22). The Kier molecular flexibility index (Phi) is 7.79. The minimum absolute atomic E-state index is 0.477. The quantitative estimate of drug-likeness (QED) is 0.423. The molecule has 0 spiro atoms. The van der Waals surface area contributed by atoms with Crippen molar-refractivity contribution in [3.05, 3.63) is 54.1 Å². The third-order valence-corrected chi connectivity index (χ3v) is 3.34. The molecule has 0 unspecified atom stereocenters. The third kappa shape index (κ3) is 6.01. The van der Waals surface area contributed by atoms with Crippen LogP contribution in [0, 0.1) is 0 Å². The second-order valence-corrected chi connectivity index (χ2v) is 5.10. The number of amides is 1. The predicted octanol–water partition coefficient (Wildman–Crippen LogP) is 3.23. The molecule has 0 bridgehead atoms. The van der Waals surface area contributed by atoms with Gasteiger partial charge < -0.3 is 18.9 Å². The van der Waals surface area contributed by atoms with Crippen LogP contribution in [-0.4, -0.2) is 39.7 Å². The van der Waals surface area contributed by atoms with Crippen molar-refractivity contribution in [1.29, 1.82) is 0 Å². The number of nitrogens with zero attached hydrogens (tertiary/aromatic N) is 1. The molecule has 0 atom stereocenters. The average Bonchev–Trinajstić information content (AvgIpc) is 2.69. The smallest absolute Gasteiger partial charge is 0.427 e. The van der Waals surface area contributed by atoms with E-state index in [1.807, 2.05) is 48.5 Å². The first-order valence-electron chi connectivity index (χ1n) is 8.09. The molecule has 1 amide bonds. The number of methoxy groups -OCH3 is 2. The van der Waals surface area contributed by atoms with E-state index in [-0.39, 0.29) is 0 Å². The Morgan fingerprint density at radius 1 is 0.962 bits per heavy atom. The molecule has 26 heavy (non-hydrogen) atoms. The summed E-state index contributed by atoms with van der Waals surface area (Å²) in [5.41, 5.74) is 2.98. The number of hydrogen-bond donors (Lipinski definition) is 1. The van der Waals surface area contributed by atoms with Gasteiger partial charge in [0.1, 0.15) is 5.75 Å². The summed E-state index contributed by atoms with van der Waals surface area (Å²) in [7, 11) is 2.88. The van der Waals surface area contributed by atoms with Crippen molar-refractivity contribution in [1.82, 2.24) is 5.43 Å². The van der Waals surface area contributed by atoms with Crippen LogP contribution in [0.25, 0.3) is 0 Å². The first kappa shape index (κ1) is 19.1. The molecule has 2 rings (SSSR count). The molecule has 2 aromatic rings. The van der Waals surface area contributed by atoms with Crippen molar-refractivity contribution in [2.75, 3.05) is 27.4 Å². The van der Waals surface area contributed by atoms with E-state index in [9.17, 15) is 4.79 Å². The molecule has 0 saturated carbocycles. The third-order valence-electron chi connectivity index (χ3n) is 3.34. The molecule has 0 heterocycles. The normalized spacial score (nSPS) is 10.4. The summed E-state index contributed by atoms with van der Waals surface area (Å²) in [6, 6.07) is 14.9. The second-order valence-electron chi connectivity index (χ2n) is 5.10. The number of carbonyl (C=O) groups is 1. The van der Waals surface area contributed by atoms with Gasteiger partial charge >= 0.3 is 6.09 Å². The molecular weight excluding hydrogens is 336 g/mol. The van der Waals surface area contributed by atoms with Crippen molar-refractivity contribution in [3.8, 4) is 17.2 Å². The van der Waals surface area contributed by atoms with Gasteiger partial charge in [0.05, 0.1) is 33.6 Å². The summed E-state index contributed by atoms with van der Waals surface area (Å²) < 4.78 is 21.2. The maximum Gasteiger partial charge on any atom is 0.427 e. The minimum Gasteiger partial charge on any atom is -0.493 e. The van der Waals surface area contributed by atoms with Gasteiger partial charge in [-0.1, -0.05) is 24.3 Å². The first-order chi connectivity index (χ1) is 12.7. The number of rotatable bonds is 9. The summed E-state index contributed by atoms with van der Waals surface area (Å²) >= 11 is 0. The highest BCUT2D eigenvalue weighted by atomic mass is 16.5. The van der Waals surface area contributed by atoms with Gasteiger partial charge in [0.2, 0.25) is 0 Å². The molecule has 7 heteroatoms. The van der Waals surface area contributed by atoms with Crippen LogP contribution >= 0.6 is 0 Å². The van der Waals surface area contributed by atoms with Crippen LogP contribution in [0.4, 0.5) is 4.79 Å². The number of nitrogens with one attached hydrogen (secondary N) is 1. The zero-order valence-electron chi connectivity index (χ0n) is 14.8. The maximum absolute atomic E-state index is 11.0. The Morgan fingerprint density at radius 2 is 1.58 bits per heavy atom. The highest BCUT2D eigenvalue weighted by molar-refractivity contribution is 5.84. The first-order valence-corrected chi connectivity index (χ1v) is 8.09. The van der Waals surface area contributed by atoms with E-state index in [1.165, 1.54) is 13.3 Å². The van der Waals surface area contributed by atoms with Gasteiger partial charge in [-0.2, -0.15) is 5.10 Å². The average molecular weight is 358 g/mol. The lowest BCUT2D eigenvalue weighted by molar-refractivity contribution is 0.171. The molecule has 0 aliphatic heterocycles. The minimum atomic E-state index is -0.631. The number of hydrogen-bond acceptors (Lipinski definition) is 6. The lowest BCUT2D eigenvalue weighted by Gasteiger charge is -2.11. The molecular formula is C19H22N2O5. The van der Waals surface area contributed by atoms with Crippen molar-refractivity contribution in [2.24, 2.45) is 5.10 Å². The maximum atomic E-state index is 11.0. The van der Waals surface area contributed by atoms with Gasteiger partial charge in [0.15, 0.2) is 11.5 Å². The molecule has 0 saturated heterocycles. The van der Waals surface area contributed by atoms with Gasteiger partial charge in [0.25, 0.3) is 0 Å². The summed E-state index contributed by atoms with van der Waals surface area (Å²) in [6.45, 7) is 0.977. The van der Waals surface area contributed by atoms with E-state index < -0.39 is 6.09 Å². The predicted molar refractivity (Wildman–Crippen MR) is 98.2 cm³/mol. The van der Waals surface area contributed by atoms with Crippen molar-refractivity contribution in [3.63, 3.8) is 0 Å². The highest BCUT2D eigenvalue weighted by Gasteiger charge is 2.04. The Bertz CT molecular complexity index is 733. The van der Waals surface area contributed by atoms with E-state index in [1.54, 1.807) is 7.11 Å². The van der Waals surface area contributed by atoms with Crippen LogP contribution in [0.1, 0.15) is 12.0 Å². The topological polar surface area (TPSA) is 78.4 Å². The van der Waals surface area contributed by atoms with Crippen LogP contribution in [0.2, 0.25) is 0 Å². The molecule has 0 aliphatic carbocycles. The van der Waals surface area contributed by atoms with Gasteiger partial charge in [-0.05, 0) is 24.3 Å². The largest absolute Gasteiger partial charge is 0.493 e. The fourth-order valence-corrected chi connectivity index (χ4v) is 2.08. The van der Waals surface area contributed by atoms with Crippen LogP contribution < -0.4 is 19.6 Å². The fraction of sp³-hybridized carbons (Fsp3) is 0.263. The van der Waals surface area contributed by atoms with Crippen molar-refractivity contribution < 1.29 is 23.7 Å². The van der Waals surface area contributed by atoms with Gasteiger partial charge in [-0.3, -0.25) is 0 Å². The molecule has 0 fully saturated rings. The summed E-state index contributed by atoms with van der Waals surface area (Å²) in [4.78, 5) is 11.0. The second kappa shape index (κ2) is 10.6. The zero-order chi connectivity index (χ0) is 18.6. The SMILES string of the molecule is COC(=O)NN=Cc1ccccc1OCCCOc1ccccc1OC. The van der Waals surface area contributed by atoms with Crippen LogP contribution in [-0.2, 0) is 4.74 Å². The monoisotopic (exact) mass is 358 g/mol. The van der Waals surface area contributed by atoms with Crippen LogP contribution in [0.5, 0.6) is 17.2 Å². The Labute approximate surface area is 152 Å². The fourth-order valence-electron chi connectivity index (χ4n) is 2.08. The van der Waals surface area contributed by atoms with Gasteiger partial charge in [-0.25, -0.2) is 10.2 Å². The lowest BCUT2D eigenvalue weighted by Crippen LogP contribution is -2.16. The summed E-state index contributed by atoms with van der Waals surface area (Å²) in [5, 5.41) is 3.81. The molecule has 2 aromatic carbocycles. The van der Waals surface area contributed by atoms with E-state index >= 15 is 0 Å². The van der Waals surface area contributed by atoms with E-state index in [4.69, 9.17) is 14.2 Å². The lowest BCUT2D eigenvalue weighted by atomic mass is 10.2. The Balaban J connectivity index is 1.80. The van der Waals surface area contributed by atoms with Crippen molar-refractivity contribution >= 4 is 12.3 Å². The Hall–Kier alpha value is -3.22.